The maximum absolute atomic E-state index is 12.9. The van der Waals surface area contributed by atoms with Crippen molar-refractivity contribution in [1.29, 1.82) is 0 Å². The lowest BCUT2D eigenvalue weighted by Gasteiger charge is -2.24. The molecule has 0 aromatic rings. The van der Waals surface area contributed by atoms with Gasteiger partial charge in [0.15, 0.2) is 6.10 Å². The number of quaternary nitrogens is 1. The molecule has 0 radical (unpaired) electrons. The van der Waals surface area contributed by atoms with Gasteiger partial charge in [-0.15, -0.1) is 0 Å². The second-order valence-electron chi connectivity index (χ2n) is 25.3. The fourth-order valence-electron chi connectivity index (χ4n) is 10.6. The van der Waals surface area contributed by atoms with Crippen LogP contribution in [0.1, 0.15) is 361 Å². The molecule has 0 saturated carbocycles. The molecule has 1 N–H and O–H groups in total. The van der Waals surface area contributed by atoms with Crippen LogP contribution >= 0.6 is 7.82 Å². The summed E-state index contributed by atoms with van der Waals surface area (Å²) >= 11 is 0. The topological polar surface area (TPSA) is 108 Å². The summed E-state index contributed by atoms with van der Waals surface area (Å²) in [7, 11) is 1.50. The third-order valence-electron chi connectivity index (χ3n) is 16.0. The smallest absolute Gasteiger partial charge is 0.462 e. The van der Waals surface area contributed by atoms with Crippen molar-refractivity contribution >= 4 is 19.8 Å². The summed E-state index contributed by atoms with van der Waals surface area (Å²) in [5.41, 5.74) is 0. The van der Waals surface area contributed by atoms with Crippen LogP contribution in [0, 0.1) is 0 Å². The van der Waals surface area contributed by atoms with Crippen LogP contribution in [0.2, 0.25) is 0 Å². The summed E-state index contributed by atoms with van der Waals surface area (Å²) in [6.07, 6.45) is 77.3. The van der Waals surface area contributed by atoms with E-state index in [1.807, 2.05) is 21.1 Å². The van der Waals surface area contributed by atoms with E-state index in [-0.39, 0.29) is 25.6 Å². The third kappa shape index (κ3) is 65.6. The van der Waals surface area contributed by atoms with Crippen LogP contribution in [-0.2, 0) is 32.7 Å². The van der Waals surface area contributed by atoms with E-state index in [0.717, 1.165) is 44.9 Å². The normalized spacial score (nSPS) is 13.2. The zero-order chi connectivity index (χ0) is 58.4. The van der Waals surface area contributed by atoms with Gasteiger partial charge in [-0.1, -0.05) is 327 Å². The van der Waals surface area contributed by atoms with E-state index in [9.17, 15) is 19.0 Å². The Morgan fingerprint density at radius 1 is 0.388 bits per heavy atom. The zero-order valence-corrected chi connectivity index (χ0v) is 55.0. The first-order valence-electron chi connectivity index (χ1n) is 35.1. The predicted octanol–water partition coefficient (Wildman–Crippen LogP) is 22.5. The van der Waals surface area contributed by atoms with Crippen LogP contribution in [0.25, 0.3) is 0 Å². The summed E-state index contributed by atoms with van der Waals surface area (Å²) in [5.74, 6) is -0.773. The van der Waals surface area contributed by atoms with E-state index < -0.39 is 26.5 Å². The Hall–Kier alpha value is -1.51. The second kappa shape index (κ2) is 62.0. The fraction of sp³-hybridized carbons (Fsp3) is 0.914. The van der Waals surface area contributed by atoms with Crippen LogP contribution < -0.4 is 0 Å². The fourth-order valence-corrected chi connectivity index (χ4v) is 11.3. The van der Waals surface area contributed by atoms with E-state index in [1.165, 1.54) is 289 Å². The Labute approximate surface area is 498 Å². The molecule has 2 atom stereocenters. The van der Waals surface area contributed by atoms with Gasteiger partial charge in [-0.25, -0.2) is 4.57 Å². The molecule has 474 valence electrons. The highest BCUT2D eigenvalue weighted by atomic mass is 31.2. The number of hydrogen-bond acceptors (Lipinski definition) is 7. The number of carbonyl (C=O) groups is 2. The summed E-state index contributed by atoms with van der Waals surface area (Å²) < 4.78 is 34.7. The van der Waals surface area contributed by atoms with Gasteiger partial charge in [0.1, 0.15) is 19.8 Å². The van der Waals surface area contributed by atoms with Gasteiger partial charge < -0.3 is 18.9 Å². The Morgan fingerprint density at radius 2 is 0.675 bits per heavy atom. The van der Waals surface area contributed by atoms with Gasteiger partial charge in [-0.3, -0.25) is 18.6 Å². The van der Waals surface area contributed by atoms with E-state index in [2.05, 4.69) is 38.2 Å². The van der Waals surface area contributed by atoms with Crippen molar-refractivity contribution in [3.05, 3.63) is 24.3 Å². The molecule has 0 fully saturated rings. The molecule has 0 aliphatic rings. The van der Waals surface area contributed by atoms with Crippen molar-refractivity contribution in [3.8, 4) is 0 Å². The molecule has 10 heteroatoms. The van der Waals surface area contributed by atoms with Crippen LogP contribution in [0.5, 0.6) is 0 Å². The molecule has 80 heavy (non-hydrogen) atoms. The van der Waals surface area contributed by atoms with Crippen LogP contribution in [0.4, 0.5) is 0 Å². The minimum atomic E-state index is -4.38. The predicted molar refractivity (Wildman–Crippen MR) is 344 cm³/mol. The maximum atomic E-state index is 12.9. The minimum absolute atomic E-state index is 0.0363. The Bertz CT molecular complexity index is 1400. The highest BCUT2D eigenvalue weighted by Gasteiger charge is 2.27. The van der Waals surface area contributed by atoms with Crippen molar-refractivity contribution in [1.82, 2.24) is 0 Å². The van der Waals surface area contributed by atoms with Gasteiger partial charge in [-0.05, 0) is 44.9 Å². The van der Waals surface area contributed by atoms with E-state index >= 15 is 0 Å². The molecule has 0 heterocycles. The molecule has 0 aromatic carbocycles. The van der Waals surface area contributed by atoms with Crippen molar-refractivity contribution in [2.75, 3.05) is 47.5 Å². The number of hydrogen-bond donors (Lipinski definition) is 1. The molecule has 0 saturated heterocycles. The highest BCUT2D eigenvalue weighted by molar-refractivity contribution is 7.47. The van der Waals surface area contributed by atoms with E-state index in [1.54, 1.807) is 0 Å². The van der Waals surface area contributed by atoms with Gasteiger partial charge in [-0.2, -0.15) is 0 Å². The first-order valence-corrected chi connectivity index (χ1v) is 36.6. The molecular formula is C70H137NO8P+. The quantitative estimate of drug-likeness (QED) is 0.0211. The molecule has 9 nitrogen and oxygen atoms in total. The van der Waals surface area contributed by atoms with Gasteiger partial charge in [0, 0.05) is 12.8 Å². The number of unbranched alkanes of at least 4 members (excludes halogenated alkanes) is 48. The molecule has 2 unspecified atom stereocenters. The van der Waals surface area contributed by atoms with E-state index in [0.29, 0.717) is 17.4 Å². The first-order chi connectivity index (χ1) is 39.0. The monoisotopic (exact) mass is 1150 g/mol. The number of ether oxygens (including phenoxy) is 2. The average molecular weight is 1150 g/mol. The number of rotatable bonds is 66. The average Bonchev–Trinajstić information content (AvgIpc) is 3.42. The summed E-state index contributed by atoms with van der Waals surface area (Å²) in [6.45, 7) is 4.49. The number of likely N-dealkylation sites (N-methyl/N-ethyl adjacent to an activating group) is 1. The van der Waals surface area contributed by atoms with Crippen molar-refractivity contribution in [2.45, 2.75) is 367 Å². The van der Waals surface area contributed by atoms with Crippen LogP contribution in [-0.4, -0.2) is 74.9 Å². The standard InChI is InChI=1S/C70H136NO8P/c1-6-8-10-12-14-16-18-20-22-24-25-26-27-28-29-30-31-32-33-34-35-36-37-38-39-40-41-42-43-44-45-47-49-51-53-55-57-59-61-63-70(73)79-68(67-78-80(74,75)77-65-64-71(3,4)5)66-76-69(72)62-60-58-56-54-52-50-48-46-23-21-19-17-15-13-11-9-7-2/h18,20,24-25,68H,6-17,19,21-23,26-67H2,1-5H3/p+1/b20-18-,25-24-. The van der Waals surface area contributed by atoms with Crippen molar-refractivity contribution in [2.24, 2.45) is 0 Å². The first kappa shape index (κ1) is 78.5. The van der Waals surface area contributed by atoms with Crippen LogP contribution in [0.3, 0.4) is 0 Å². The number of allylic oxidation sites excluding steroid dienone is 4. The molecule has 0 amide bonds. The van der Waals surface area contributed by atoms with E-state index in [4.69, 9.17) is 18.5 Å². The lowest BCUT2D eigenvalue weighted by atomic mass is 10.0. The molecule has 0 spiro atoms. The Morgan fingerprint density at radius 3 is 0.988 bits per heavy atom. The highest BCUT2D eigenvalue weighted by Crippen LogP contribution is 2.43. The molecule has 0 aromatic heterocycles. The minimum Gasteiger partial charge on any atom is -0.462 e. The second-order valence-corrected chi connectivity index (χ2v) is 26.7. The number of nitrogens with zero attached hydrogens (tertiary/aromatic N) is 1. The number of phosphoric ester groups is 1. The molecule has 0 bridgehead atoms. The third-order valence-corrected chi connectivity index (χ3v) is 17.0. The number of carbonyl (C=O) groups excluding carboxylic acids is 2. The molecule has 0 aliphatic heterocycles. The zero-order valence-electron chi connectivity index (χ0n) is 54.1. The van der Waals surface area contributed by atoms with Crippen LogP contribution in [0.15, 0.2) is 24.3 Å². The van der Waals surface area contributed by atoms with Crippen molar-refractivity contribution < 1.29 is 42.1 Å². The maximum Gasteiger partial charge on any atom is 0.472 e. The number of phosphoric acid groups is 1. The Kier molecular flexibility index (Phi) is 60.9. The summed E-state index contributed by atoms with van der Waals surface area (Å²) in [6, 6.07) is 0. The van der Waals surface area contributed by atoms with Gasteiger partial charge in [0.25, 0.3) is 0 Å². The lowest BCUT2D eigenvalue weighted by Crippen LogP contribution is -2.37. The molecule has 0 rings (SSSR count). The van der Waals surface area contributed by atoms with Gasteiger partial charge in [0.05, 0.1) is 27.7 Å². The lowest BCUT2D eigenvalue weighted by molar-refractivity contribution is -0.870. The molecule has 0 aliphatic carbocycles. The Balaban J connectivity index is 3.87. The summed E-state index contributed by atoms with van der Waals surface area (Å²) in [4.78, 5) is 35.8. The summed E-state index contributed by atoms with van der Waals surface area (Å²) in [5, 5.41) is 0. The SMILES string of the molecule is CCCCCCC/C=C\C/C=C\CCCCCCCCCCCCCCCCCCCCCCCCCCCCCC(=O)OC(COC(=O)CCCCCCCCCCCCCCCCCCC)COP(=O)(O)OCC[N+](C)(C)C. The van der Waals surface area contributed by atoms with Gasteiger partial charge >= 0.3 is 19.8 Å². The largest absolute Gasteiger partial charge is 0.472 e. The number of esters is 2. The van der Waals surface area contributed by atoms with Gasteiger partial charge in [0.2, 0.25) is 0 Å². The molecular weight excluding hydrogens is 1010 g/mol. The van der Waals surface area contributed by atoms with Crippen molar-refractivity contribution in [3.63, 3.8) is 0 Å².